The van der Waals surface area contributed by atoms with E-state index in [4.69, 9.17) is 15.2 Å². The van der Waals surface area contributed by atoms with Gasteiger partial charge >= 0.3 is 0 Å². The predicted octanol–water partition coefficient (Wildman–Crippen LogP) is 4.45. The molecule has 0 bridgehead atoms. The number of benzene rings is 1. The van der Waals surface area contributed by atoms with E-state index in [2.05, 4.69) is 10.1 Å². The van der Waals surface area contributed by atoms with Gasteiger partial charge in [-0.3, -0.25) is 0 Å². The van der Waals surface area contributed by atoms with Crippen molar-refractivity contribution in [3.63, 3.8) is 0 Å². The molecule has 1 aliphatic heterocycles. The molecule has 0 radical (unpaired) electrons. The van der Waals surface area contributed by atoms with Gasteiger partial charge < -0.3 is 15.2 Å². The maximum Gasteiger partial charge on any atom is 0.238 e. The zero-order chi connectivity index (χ0) is 19.8. The first-order valence-corrected chi connectivity index (χ1v) is 9.36. The van der Waals surface area contributed by atoms with Crippen molar-refractivity contribution in [2.75, 3.05) is 12.3 Å². The average molecular weight is 388 g/mol. The smallest absolute Gasteiger partial charge is 0.238 e. The molecule has 1 fully saturated rings. The van der Waals surface area contributed by atoms with Crippen LogP contribution in [-0.4, -0.2) is 27.5 Å². The highest BCUT2D eigenvalue weighted by Gasteiger charge is 2.24. The average Bonchev–Trinajstić information content (AvgIpc) is 3.02. The first-order chi connectivity index (χ1) is 13.4. The highest BCUT2D eigenvalue weighted by molar-refractivity contribution is 5.93. The lowest BCUT2D eigenvalue weighted by Crippen LogP contribution is -2.19. The molecule has 0 spiro atoms. The summed E-state index contributed by atoms with van der Waals surface area (Å²) in [6, 6.07) is 5.66. The minimum Gasteiger partial charge on any atom is -0.473 e. The predicted molar refractivity (Wildman–Crippen MR) is 102 cm³/mol. The first kappa shape index (κ1) is 18.6. The van der Waals surface area contributed by atoms with Crippen LogP contribution in [0.2, 0.25) is 0 Å². The van der Waals surface area contributed by atoms with Crippen LogP contribution < -0.4 is 10.5 Å². The molecule has 2 aromatic heterocycles. The second-order valence-corrected chi connectivity index (χ2v) is 7.16. The molecule has 1 atom stereocenters. The van der Waals surface area contributed by atoms with Crippen LogP contribution in [0.4, 0.5) is 14.5 Å². The standard InChI is InChI=1S/C20H22F2N4O2/c1-11(2)28-20-15(23)6-7-16(24-20)19-12-9-13(21)14(22)10-17(12)26(25-19)18-5-3-4-8-27-18/h6-7,9-11,18H,3-5,8,23H2,1-2H3. The van der Waals surface area contributed by atoms with Crippen LogP contribution in [0.5, 0.6) is 5.88 Å². The van der Waals surface area contributed by atoms with E-state index in [0.717, 1.165) is 31.4 Å². The molecule has 6 nitrogen and oxygen atoms in total. The van der Waals surface area contributed by atoms with Crippen molar-refractivity contribution in [3.8, 4) is 17.3 Å². The molecule has 28 heavy (non-hydrogen) atoms. The van der Waals surface area contributed by atoms with Gasteiger partial charge in [0.25, 0.3) is 0 Å². The van der Waals surface area contributed by atoms with E-state index < -0.39 is 11.6 Å². The van der Waals surface area contributed by atoms with Gasteiger partial charge in [0.2, 0.25) is 5.88 Å². The van der Waals surface area contributed by atoms with Crippen LogP contribution in [0.25, 0.3) is 22.3 Å². The maximum atomic E-state index is 14.0. The Kier molecular flexibility index (Phi) is 4.89. The summed E-state index contributed by atoms with van der Waals surface area (Å²) >= 11 is 0. The van der Waals surface area contributed by atoms with Gasteiger partial charge in [-0.15, -0.1) is 0 Å². The summed E-state index contributed by atoms with van der Waals surface area (Å²) < 4.78 is 41.0. The number of pyridine rings is 1. The zero-order valence-corrected chi connectivity index (χ0v) is 15.8. The van der Waals surface area contributed by atoms with Crippen LogP contribution in [0, 0.1) is 11.6 Å². The number of halogens is 2. The van der Waals surface area contributed by atoms with Gasteiger partial charge in [-0.2, -0.15) is 5.10 Å². The number of nitrogens with two attached hydrogens (primary N) is 1. The summed E-state index contributed by atoms with van der Waals surface area (Å²) in [4.78, 5) is 4.46. The Morgan fingerprint density at radius 3 is 2.71 bits per heavy atom. The zero-order valence-electron chi connectivity index (χ0n) is 15.8. The lowest BCUT2D eigenvalue weighted by Gasteiger charge is -2.23. The first-order valence-electron chi connectivity index (χ1n) is 9.36. The summed E-state index contributed by atoms with van der Waals surface area (Å²) in [6.45, 7) is 4.35. The highest BCUT2D eigenvalue weighted by atomic mass is 19.2. The van der Waals surface area contributed by atoms with E-state index in [9.17, 15) is 8.78 Å². The third kappa shape index (κ3) is 3.40. The van der Waals surface area contributed by atoms with E-state index >= 15 is 0 Å². The van der Waals surface area contributed by atoms with Gasteiger partial charge in [0, 0.05) is 18.1 Å². The number of anilines is 1. The Balaban J connectivity index is 1.88. The molecule has 0 aliphatic carbocycles. The maximum absolute atomic E-state index is 14.0. The molecule has 3 heterocycles. The van der Waals surface area contributed by atoms with Crippen molar-refractivity contribution in [1.82, 2.24) is 14.8 Å². The lowest BCUT2D eigenvalue weighted by atomic mass is 10.1. The Bertz CT molecular complexity index is 1010. The Morgan fingerprint density at radius 1 is 1.21 bits per heavy atom. The molecule has 148 valence electrons. The quantitative estimate of drug-likeness (QED) is 0.715. The van der Waals surface area contributed by atoms with Crippen LogP contribution in [0.15, 0.2) is 24.3 Å². The number of nitrogen functional groups attached to an aromatic ring is 1. The van der Waals surface area contributed by atoms with Crippen molar-refractivity contribution < 1.29 is 18.3 Å². The van der Waals surface area contributed by atoms with Crippen LogP contribution >= 0.6 is 0 Å². The molecule has 4 rings (SSSR count). The van der Waals surface area contributed by atoms with Crippen LogP contribution in [0.1, 0.15) is 39.3 Å². The topological polar surface area (TPSA) is 75.2 Å². The molecular weight excluding hydrogens is 366 g/mol. The van der Waals surface area contributed by atoms with Crippen molar-refractivity contribution in [3.05, 3.63) is 35.9 Å². The van der Waals surface area contributed by atoms with Gasteiger partial charge in [-0.05, 0) is 51.3 Å². The van der Waals surface area contributed by atoms with Gasteiger partial charge in [-0.1, -0.05) is 0 Å². The summed E-state index contributed by atoms with van der Waals surface area (Å²) in [5.41, 5.74) is 7.71. The third-order valence-corrected chi connectivity index (χ3v) is 4.66. The Hall–Kier alpha value is -2.74. The number of aromatic nitrogens is 3. The van der Waals surface area contributed by atoms with Crippen molar-refractivity contribution in [2.24, 2.45) is 0 Å². The van der Waals surface area contributed by atoms with Crippen LogP contribution in [-0.2, 0) is 4.74 Å². The fourth-order valence-corrected chi connectivity index (χ4v) is 3.36. The minimum atomic E-state index is -0.938. The molecule has 1 aliphatic rings. The largest absolute Gasteiger partial charge is 0.473 e. The van der Waals surface area contributed by atoms with E-state index in [1.54, 1.807) is 16.8 Å². The number of nitrogens with zero attached hydrogens (tertiary/aromatic N) is 3. The van der Waals surface area contributed by atoms with E-state index in [0.29, 0.717) is 34.6 Å². The number of rotatable bonds is 4. The molecule has 1 saturated heterocycles. The van der Waals surface area contributed by atoms with Crippen LogP contribution in [0.3, 0.4) is 0 Å². The van der Waals surface area contributed by atoms with E-state index in [1.165, 1.54) is 0 Å². The molecule has 8 heteroatoms. The SMILES string of the molecule is CC(C)Oc1nc(-c2nn(C3CCCCO3)c3cc(F)c(F)cc23)ccc1N. The number of hydrogen-bond donors (Lipinski definition) is 1. The molecular formula is C20H22F2N4O2. The lowest BCUT2D eigenvalue weighted by molar-refractivity contribution is -0.0365. The normalized spacial score (nSPS) is 17.4. The summed E-state index contributed by atoms with van der Waals surface area (Å²) in [5, 5.41) is 5.07. The Morgan fingerprint density at radius 2 is 2.00 bits per heavy atom. The minimum absolute atomic E-state index is 0.110. The fourth-order valence-electron chi connectivity index (χ4n) is 3.36. The molecule has 1 aromatic carbocycles. The van der Waals surface area contributed by atoms with Crippen molar-refractivity contribution in [2.45, 2.75) is 45.4 Å². The molecule has 0 saturated carbocycles. The summed E-state index contributed by atoms with van der Waals surface area (Å²) in [6.07, 6.45) is 2.28. The van der Waals surface area contributed by atoms with Crippen molar-refractivity contribution >= 4 is 16.6 Å². The molecule has 3 aromatic rings. The van der Waals surface area contributed by atoms with Gasteiger partial charge in [0.1, 0.15) is 5.69 Å². The fraction of sp³-hybridized carbons (Fsp3) is 0.400. The van der Waals surface area contributed by atoms with Gasteiger partial charge in [-0.25, -0.2) is 18.4 Å². The Labute approximate surface area is 161 Å². The van der Waals surface area contributed by atoms with Gasteiger partial charge in [0.05, 0.1) is 23.0 Å². The summed E-state index contributed by atoms with van der Waals surface area (Å²) in [7, 11) is 0. The number of ether oxygens (including phenoxy) is 2. The summed E-state index contributed by atoms with van der Waals surface area (Å²) in [5.74, 6) is -1.58. The third-order valence-electron chi connectivity index (χ3n) is 4.66. The number of fused-ring (bicyclic) bond motifs is 1. The molecule has 2 N–H and O–H groups in total. The monoisotopic (exact) mass is 388 g/mol. The molecule has 1 unspecified atom stereocenters. The molecule has 0 amide bonds. The number of hydrogen-bond acceptors (Lipinski definition) is 5. The van der Waals surface area contributed by atoms with E-state index in [-0.39, 0.29) is 18.2 Å². The second-order valence-electron chi connectivity index (χ2n) is 7.16. The second kappa shape index (κ2) is 7.35. The van der Waals surface area contributed by atoms with Crippen molar-refractivity contribution in [1.29, 1.82) is 0 Å². The van der Waals surface area contributed by atoms with Gasteiger partial charge in [0.15, 0.2) is 17.9 Å². The van der Waals surface area contributed by atoms with E-state index in [1.807, 2.05) is 13.8 Å². The highest BCUT2D eigenvalue weighted by Crippen LogP contribution is 2.34.